The van der Waals surface area contributed by atoms with E-state index in [1.807, 2.05) is 0 Å². The molecule has 2 aliphatic rings. The Bertz CT molecular complexity index is 659. The molecular weight excluding hydrogens is 323 g/mol. The highest BCUT2D eigenvalue weighted by molar-refractivity contribution is 5.84. The third-order valence-corrected chi connectivity index (χ3v) is 4.83. The Balaban J connectivity index is 1.67. The number of aliphatic carboxylic acids is 1. The van der Waals surface area contributed by atoms with E-state index in [9.17, 15) is 22.8 Å². The van der Waals surface area contributed by atoms with Crippen LogP contribution in [0.2, 0.25) is 0 Å². The Labute approximate surface area is 137 Å². The van der Waals surface area contributed by atoms with Gasteiger partial charge < -0.3 is 10.0 Å². The van der Waals surface area contributed by atoms with Crippen molar-refractivity contribution in [3.8, 4) is 0 Å². The molecule has 1 aliphatic heterocycles. The molecule has 0 unspecified atom stereocenters. The number of halogens is 3. The summed E-state index contributed by atoms with van der Waals surface area (Å²) >= 11 is 0. The number of benzene rings is 1. The van der Waals surface area contributed by atoms with Gasteiger partial charge in [0.25, 0.3) is 0 Å². The minimum atomic E-state index is -4.40. The number of alkyl halides is 3. The number of amides is 1. The molecule has 1 heterocycles. The molecule has 1 saturated carbocycles. The quantitative estimate of drug-likeness (QED) is 0.919. The van der Waals surface area contributed by atoms with Gasteiger partial charge in [0.1, 0.15) is 0 Å². The summed E-state index contributed by atoms with van der Waals surface area (Å²) in [6.45, 7) is 0.717. The van der Waals surface area contributed by atoms with Crippen molar-refractivity contribution in [2.45, 2.75) is 31.4 Å². The molecule has 0 spiro atoms. The van der Waals surface area contributed by atoms with Crippen molar-refractivity contribution in [2.75, 3.05) is 13.1 Å². The van der Waals surface area contributed by atoms with E-state index in [-0.39, 0.29) is 24.3 Å². The summed E-state index contributed by atoms with van der Waals surface area (Å²) in [5, 5.41) is 9.08. The van der Waals surface area contributed by atoms with Crippen LogP contribution in [0.3, 0.4) is 0 Å². The highest BCUT2D eigenvalue weighted by Gasteiger charge is 2.47. The van der Waals surface area contributed by atoms with Crippen LogP contribution in [0.4, 0.5) is 13.2 Å². The van der Waals surface area contributed by atoms with Crippen LogP contribution in [-0.4, -0.2) is 35.0 Å². The molecule has 3 atom stereocenters. The molecule has 24 heavy (non-hydrogen) atoms. The normalized spacial score (nSPS) is 27.0. The van der Waals surface area contributed by atoms with Gasteiger partial charge in [-0.15, -0.1) is 0 Å². The molecule has 1 aromatic carbocycles. The molecule has 1 amide bonds. The van der Waals surface area contributed by atoms with Crippen molar-refractivity contribution in [3.63, 3.8) is 0 Å². The predicted octanol–water partition coefficient (Wildman–Crippen LogP) is 3.13. The Morgan fingerprint density at radius 1 is 1.25 bits per heavy atom. The van der Waals surface area contributed by atoms with Crippen LogP contribution in [0.1, 0.15) is 36.3 Å². The summed E-state index contributed by atoms with van der Waals surface area (Å²) < 4.78 is 38.4. The molecule has 1 N–H and O–H groups in total. The first-order valence-electron chi connectivity index (χ1n) is 7.96. The van der Waals surface area contributed by atoms with Crippen LogP contribution < -0.4 is 0 Å². The van der Waals surface area contributed by atoms with Gasteiger partial charge in [-0.1, -0.05) is 18.2 Å². The maximum atomic E-state index is 12.8. The lowest BCUT2D eigenvalue weighted by Gasteiger charge is -2.31. The smallest absolute Gasteiger partial charge is 0.416 e. The van der Waals surface area contributed by atoms with E-state index in [1.54, 1.807) is 11.0 Å². The lowest BCUT2D eigenvalue weighted by atomic mass is 9.97. The van der Waals surface area contributed by atoms with Crippen LogP contribution in [0.5, 0.6) is 0 Å². The summed E-state index contributed by atoms with van der Waals surface area (Å²) in [7, 11) is 0. The lowest BCUT2D eigenvalue weighted by molar-refractivity contribution is -0.146. The topological polar surface area (TPSA) is 57.6 Å². The molecule has 0 radical (unpaired) electrons. The number of piperidine rings is 1. The fourth-order valence-electron chi connectivity index (χ4n) is 3.40. The summed E-state index contributed by atoms with van der Waals surface area (Å²) in [5.41, 5.74) is -0.183. The minimum absolute atomic E-state index is 0.136. The third kappa shape index (κ3) is 3.39. The van der Waals surface area contributed by atoms with Gasteiger partial charge in [0.2, 0.25) is 5.91 Å². The second-order valence-electron chi connectivity index (χ2n) is 6.53. The Kier molecular flexibility index (Phi) is 4.27. The number of rotatable bonds is 3. The molecule has 4 nitrogen and oxygen atoms in total. The fourth-order valence-corrected chi connectivity index (χ4v) is 3.40. The van der Waals surface area contributed by atoms with Crippen molar-refractivity contribution in [1.82, 2.24) is 4.90 Å². The van der Waals surface area contributed by atoms with Gasteiger partial charge in [0, 0.05) is 19.0 Å². The second-order valence-corrected chi connectivity index (χ2v) is 6.53. The minimum Gasteiger partial charge on any atom is -0.481 e. The monoisotopic (exact) mass is 341 g/mol. The Hall–Kier alpha value is -2.05. The summed E-state index contributed by atoms with van der Waals surface area (Å²) in [4.78, 5) is 25.1. The second kappa shape index (κ2) is 6.11. The van der Waals surface area contributed by atoms with Crippen molar-refractivity contribution in [2.24, 2.45) is 11.8 Å². The Morgan fingerprint density at radius 2 is 2.00 bits per heavy atom. The molecule has 1 saturated heterocycles. The van der Waals surface area contributed by atoms with Crippen molar-refractivity contribution in [3.05, 3.63) is 35.4 Å². The molecule has 1 aliphatic carbocycles. The SMILES string of the molecule is O=C(O)[C@@H]1CCCN(C(=O)[C@@H]2C[C@@H]2c2cccc(C(F)(F)F)c2)C1. The van der Waals surface area contributed by atoms with Gasteiger partial charge in [-0.05, 0) is 36.8 Å². The van der Waals surface area contributed by atoms with Crippen molar-refractivity contribution < 1.29 is 27.9 Å². The van der Waals surface area contributed by atoms with E-state index >= 15 is 0 Å². The van der Waals surface area contributed by atoms with Crippen LogP contribution >= 0.6 is 0 Å². The van der Waals surface area contributed by atoms with E-state index in [2.05, 4.69) is 0 Å². The number of nitrogens with zero attached hydrogens (tertiary/aromatic N) is 1. The van der Waals surface area contributed by atoms with Gasteiger partial charge in [-0.3, -0.25) is 9.59 Å². The van der Waals surface area contributed by atoms with Gasteiger partial charge in [0.05, 0.1) is 11.5 Å². The molecule has 130 valence electrons. The van der Waals surface area contributed by atoms with Crippen molar-refractivity contribution >= 4 is 11.9 Å². The zero-order valence-electron chi connectivity index (χ0n) is 12.9. The predicted molar refractivity (Wildman–Crippen MR) is 79.2 cm³/mol. The standard InChI is InChI=1S/C17H18F3NO3/c18-17(19,20)12-5-1-3-10(7-12)13-8-14(13)15(22)21-6-2-4-11(9-21)16(23)24/h1,3,5,7,11,13-14H,2,4,6,8-9H2,(H,23,24)/t11-,13-,14-/m1/s1. The zero-order valence-corrected chi connectivity index (χ0v) is 12.9. The Morgan fingerprint density at radius 3 is 2.67 bits per heavy atom. The summed E-state index contributed by atoms with van der Waals surface area (Å²) in [6.07, 6.45) is -2.68. The van der Waals surface area contributed by atoms with Crippen LogP contribution in [-0.2, 0) is 15.8 Å². The van der Waals surface area contributed by atoms with Gasteiger partial charge >= 0.3 is 12.1 Å². The van der Waals surface area contributed by atoms with E-state index < -0.39 is 23.6 Å². The van der Waals surface area contributed by atoms with Crippen molar-refractivity contribution in [1.29, 1.82) is 0 Å². The van der Waals surface area contributed by atoms with Crippen LogP contribution in [0.15, 0.2) is 24.3 Å². The van der Waals surface area contributed by atoms with E-state index in [0.717, 1.165) is 12.1 Å². The zero-order chi connectivity index (χ0) is 17.5. The number of hydrogen-bond donors (Lipinski definition) is 1. The number of carbonyl (C=O) groups is 2. The lowest BCUT2D eigenvalue weighted by Crippen LogP contribution is -2.43. The number of carbonyl (C=O) groups excluding carboxylic acids is 1. The number of hydrogen-bond acceptors (Lipinski definition) is 2. The molecule has 1 aromatic rings. The van der Waals surface area contributed by atoms with E-state index in [4.69, 9.17) is 5.11 Å². The average molecular weight is 341 g/mol. The summed E-state index contributed by atoms with van der Waals surface area (Å²) in [6, 6.07) is 5.10. The first-order chi connectivity index (χ1) is 11.3. The number of likely N-dealkylation sites (tertiary alicyclic amines) is 1. The number of carboxylic acids is 1. The highest BCUT2D eigenvalue weighted by Crippen LogP contribution is 2.49. The maximum Gasteiger partial charge on any atom is 0.416 e. The van der Waals surface area contributed by atoms with E-state index in [1.165, 1.54) is 6.07 Å². The van der Waals surface area contributed by atoms with Crippen LogP contribution in [0, 0.1) is 11.8 Å². The molecule has 3 rings (SSSR count). The third-order valence-electron chi connectivity index (χ3n) is 4.83. The van der Waals surface area contributed by atoms with Gasteiger partial charge in [-0.2, -0.15) is 13.2 Å². The molecule has 0 bridgehead atoms. The van der Waals surface area contributed by atoms with Gasteiger partial charge in [0.15, 0.2) is 0 Å². The maximum absolute atomic E-state index is 12.8. The number of carboxylic acid groups (broad SMARTS) is 1. The first-order valence-corrected chi connectivity index (χ1v) is 7.96. The first kappa shape index (κ1) is 16.8. The van der Waals surface area contributed by atoms with Crippen LogP contribution in [0.25, 0.3) is 0 Å². The molecule has 2 fully saturated rings. The molecular formula is C17H18F3NO3. The molecule has 0 aromatic heterocycles. The largest absolute Gasteiger partial charge is 0.481 e. The van der Waals surface area contributed by atoms with E-state index in [0.29, 0.717) is 31.4 Å². The molecule has 7 heteroatoms. The highest BCUT2D eigenvalue weighted by atomic mass is 19.4. The average Bonchev–Trinajstić information content (AvgIpc) is 3.34. The summed E-state index contributed by atoms with van der Waals surface area (Å²) in [5.74, 6) is -2.12. The fraction of sp³-hybridized carbons (Fsp3) is 0.529. The van der Waals surface area contributed by atoms with Gasteiger partial charge in [-0.25, -0.2) is 0 Å².